The van der Waals surface area contributed by atoms with Crippen LogP contribution in [0.4, 0.5) is 0 Å². The molecule has 6 heteroatoms. The summed E-state index contributed by atoms with van der Waals surface area (Å²) in [5.41, 5.74) is 2.60. The van der Waals surface area contributed by atoms with E-state index in [0.29, 0.717) is 0 Å². The van der Waals surface area contributed by atoms with Crippen molar-refractivity contribution < 1.29 is 9.59 Å². The zero-order valence-corrected chi connectivity index (χ0v) is 14.1. The molecule has 2 aromatic rings. The summed E-state index contributed by atoms with van der Waals surface area (Å²) in [5.74, 6) is -0.924. The van der Waals surface area contributed by atoms with Crippen LogP contribution in [0.3, 0.4) is 0 Å². The van der Waals surface area contributed by atoms with Crippen LogP contribution in [0.1, 0.15) is 5.56 Å². The van der Waals surface area contributed by atoms with E-state index in [1.807, 2.05) is 42.5 Å². The van der Waals surface area contributed by atoms with Crippen LogP contribution < -0.4 is 5.32 Å². The van der Waals surface area contributed by atoms with Crippen molar-refractivity contribution in [2.45, 2.75) is 0 Å². The van der Waals surface area contributed by atoms with Gasteiger partial charge in [-0.1, -0.05) is 36.4 Å². The molecular weight excluding hydrogens is 334 g/mol. The molecule has 1 aliphatic heterocycles. The van der Waals surface area contributed by atoms with E-state index >= 15 is 0 Å². The number of hydrogen-bond donors (Lipinski definition) is 1. The van der Waals surface area contributed by atoms with Crippen LogP contribution in [-0.4, -0.2) is 33.4 Å². The molecule has 1 saturated heterocycles. The van der Waals surface area contributed by atoms with Crippen LogP contribution in [0, 0.1) is 0 Å². The second-order valence-electron chi connectivity index (χ2n) is 5.36. The molecule has 0 bridgehead atoms. The van der Waals surface area contributed by atoms with E-state index in [1.165, 1.54) is 4.90 Å². The number of pyridine rings is 1. The Balaban J connectivity index is 1.88. The van der Waals surface area contributed by atoms with Crippen LogP contribution in [0.5, 0.6) is 0 Å². The number of rotatable bonds is 4. The summed E-state index contributed by atoms with van der Waals surface area (Å²) in [6, 6.07) is 13.2. The van der Waals surface area contributed by atoms with E-state index in [9.17, 15) is 9.59 Å². The third-order valence-electron chi connectivity index (χ3n) is 3.68. The molecule has 0 saturated carbocycles. The maximum Gasteiger partial charge on any atom is 0.265 e. The maximum absolute atomic E-state index is 12.5. The highest BCUT2D eigenvalue weighted by Gasteiger charge is 2.32. The van der Waals surface area contributed by atoms with Crippen molar-refractivity contribution in [3.63, 3.8) is 0 Å². The van der Waals surface area contributed by atoms with E-state index in [2.05, 4.69) is 16.9 Å². The average Bonchev–Trinajstić information content (AvgIpc) is 2.63. The number of thiocarbonyl (C=S) groups is 1. The molecule has 0 unspecified atom stereocenters. The Morgan fingerprint density at radius 1 is 1.16 bits per heavy atom. The molecule has 0 aliphatic carbocycles. The first-order valence-electron chi connectivity index (χ1n) is 7.61. The van der Waals surface area contributed by atoms with Gasteiger partial charge >= 0.3 is 0 Å². The van der Waals surface area contributed by atoms with Gasteiger partial charge in [-0.05, 0) is 36.0 Å². The second-order valence-corrected chi connectivity index (χ2v) is 5.75. The lowest BCUT2D eigenvalue weighted by molar-refractivity contribution is -0.128. The number of amides is 2. The fourth-order valence-electron chi connectivity index (χ4n) is 2.44. The van der Waals surface area contributed by atoms with E-state index < -0.39 is 11.8 Å². The molecule has 1 fully saturated rings. The van der Waals surface area contributed by atoms with Crippen molar-refractivity contribution in [2.75, 3.05) is 6.54 Å². The molecule has 5 nitrogen and oxygen atoms in total. The molecule has 0 radical (unpaired) electrons. The van der Waals surface area contributed by atoms with E-state index in [-0.39, 0.29) is 17.2 Å². The largest absolute Gasteiger partial charge is 0.298 e. The van der Waals surface area contributed by atoms with Gasteiger partial charge < -0.3 is 0 Å². The van der Waals surface area contributed by atoms with E-state index in [0.717, 1.165) is 16.8 Å². The second kappa shape index (κ2) is 7.19. The van der Waals surface area contributed by atoms with E-state index in [4.69, 9.17) is 12.2 Å². The number of carbonyl (C=O) groups is 2. The molecule has 1 aromatic carbocycles. The van der Waals surface area contributed by atoms with Crippen molar-refractivity contribution in [1.82, 2.24) is 15.2 Å². The van der Waals surface area contributed by atoms with Crippen LogP contribution >= 0.6 is 12.2 Å². The lowest BCUT2D eigenvalue weighted by Gasteiger charge is -2.27. The average molecular weight is 349 g/mol. The molecule has 25 heavy (non-hydrogen) atoms. The Morgan fingerprint density at radius 2 is 1.92 bits per heavy atom. The molecule has 1 N–H and O–H groups in total. The van der Waals surface area contributed by atoms with Crippen LogP contribution in [0.15, 0.2) is 66.9 Å². The van der Waals surface area contributed by atoms with Crippen molar-refractivity contribution in [3.05, 3.63) is 72.5 Å². The standard InChI is InChI=1S/C19H15N3O2S/c1-2-11-22-18(24)15(17(23)21-19(22)25)12-13-6-8-14(9-7-13)16-5-3-4-10-20-16/h2-10,12H,1,11H2,(H,21,23,25). The summed E-state index contributed by atoms with van der Waals surface area (Å²) < 4.78 is 0. The quantitative estimate of drug-likeness (QED) is 0.399. The Labute approximate surface area is 150 Å². The first kappa shape index (κ1) is 16.7. The van der Waals surface area contributed by atoms with Gasteiger partial charge in [-0.2, -0.15) is 0 Å². The normalized spacial score (nSPS) is 16.1. The monoisotopic (exact) mass is 349 g/mol. The Morgan fingerprint density at radius 3 is 2.56 bits per heavy atom. The maximum atomic E-state index is 12.5. The molecule has 124 valence electrons. The van der Waals surface area contributed by atoms with Gasteiger partial charge in [0.15, 0.2) is 5.11 Å². The third-order valence-corrected chi connectivity index (χ3v) is 4.00. The number of hydrogen-bond acceptors (Lipinski definition) is 4. The molecule has 1 aromatic heterocycles. The third kappa shape index (κ3) is 3.54. The van der Waals surface area contributed by atoms with Gasteiger partial charge in [-0.15, -0.1) is 6.58 Å². The van der Waals surface area contributed by atoms with Gasteiger partial charge in [0, 0.05) is 18.3 Å². The summed E-state index contributed by atoms with van der Waals surface area (Å²) in [5, 5.41) is 2.62. The van der Waals surface area contributed by atoms with Gasteiger partial charge in [0.05, 0.1) is 5.69 Å². The molecular formula is C19H15N3O2S. The summed E-state index contributed by atoms with van der Waals surface area (Å²) in [4.78, 5) is 30.2. The van der Waals surface area contributed by atoms with Gasteiger partial charge in [-0.3, -0.25) is 24.8 Å². The zero-order valence-electron chi connectivity index (χ0n) is 13.3. The molecule has 1 aliphatic rings. The van der Waals surface area contributed by atoms with Gasteiger partial charge in [0.1, 0.15) is 5.57 Å². The number of nitrogens with one attached hydrogen (secondary N) is 1. The zero-order chi connectivity index (χ0) is 17.8. The molecule has 3 rings (SSSR count). The van der Waals surface area contributed by atoms with Crippen molar-refractivity contribution in [3.8, 4) is 11.3 Å². The minimum Gasteiger partial charge on any atom is -0.298 e. The molecule has 0 spiro atoms. The van der Waals surface area contributed by atoms with Crippen molar-refractivity contribution >= 4 is 35.2 Å². The van der Waals surface area contributed by atoms with E-state index in [1.54, 1.807) is 18.3 Å². The summed E-state index contributed by atoms with van der Waals surface area (Å²) >= 11 is 5.03. The summed E-state index contributed by atoms with van der Waals surface area (Å²) in [7, 11) is 0. The molecule has 2 amide bonds. The number of aromatic nitrogens is 1. The van der Waals surface area contributed by atoms with Crippen LogP contribution in [0.25, 0.3) is 17.3 Å². The SMILES string of the molecule is C=CCN1C(=O)C(=Cc2ccc(-c3ccccn3)cc2)C(=O)NC1=S. The van der Waals surface area contributed by atoms with Gasteiger partial charge in [0.25, 0.3) is 11.8 Å². The first-order chi connectivity index (χ1) is 12.1. The highest BCUT2D eigenvalue weighted by Crippen LogP contribution is 2.19. The number of nitrogens with zero attached hydrogens (tertiary/aromatic N) is 2. The summed E-state index contributed by atoms with van der Waals surface area (Å²) in [6.45, 7) is 3.84. The van der Waals surface area contributed by atoms with Crippen LogP contribution in [0.2, 0.25) is 0 Å². The predicted octanol–water partition coefficient (Wildman–Crippen LogP) is 2.56. The predicted molar refractivity (Wildman–Crippen MR) is 100 cm³/mol. The molecule has 2 heterocycles. The Kier molecular flexibility index (Phi) is 4.81. The summed E-state index contributed by atoms with van der Waals surface area (Å²) in [6.07, 6.45) is 4.84. The van der Waals surface area contributed by atoms with Crippen LogP contribution in [-0.2, 0) is 9.59 Å². The highest BCUT2D eigenvalue weighted by molar-refractivity contribution is 7.80. The fourth-order valence-corrected chi connectivity index (χ4v) is 2.69. The Bertz CT molecular complexity index is 873. The lowest BCUT2D eigenvalue weighted by atomic mass is 10.0. The lowest BCUT2D eigenvalue weighted by Crippen LogP contribution is -2.53. The Hall–Kier alpha value is -3.12. The molecule has 0 atom stereocenters. The fraction of sp³-hybridized carbons (Fsp3) is 0.0526. The van der Waals surface area contributed by atoms with Gasteiger partial charge in [-0.25, -0.2) is 0 Å². The highest BCUT2D eigenvalue weighted by atomic mass is 32.1. The smallest absolute Gasteiger partial charge is 0.265 e. The number of carbonyl (C=O) groups excluding carboxylic acids is 2. The minimum atomic E-state index is -0.496. The topological polar surface area (TPSA) is 62.3 Å². The van der Waals surface area contributed by atoms with Crippen molar-refractivity contribution in [2.24, 2.45) is 0 Å². The van der Waals surface area contributed by atoms with Crippen molar-refractivity contribution in [1.29, 1.82) is 0 Å². The first-order valence-corrected chi connectivity index (χ1v) is 8.02. The number of benzene rings is 1. The van der Waals surface area contributed by atoms with Gasteiger partial charge in [0.2, 0.25) is 0 Å². The minimum absolute atomic E-state index is 0.0426.